The Morgan fingerprint density at radius 2 is 2.08 bits per heavy atom. The van der Waals surface area contributed by atoms with Crippen LogP contribution >= 0.6 is 36.4 Å². The van der Waals surface area contributed by atoms with Crippen LogP contribution in [0.5, 0.6) is 5.75 Å². The molecule has 0 radical (unpaired) electrons. The molecular formula is C16H19Cl3N4O3. The van der Waals surface area contributed by atoms with Crippen molar-refractivity contribution in [1.29, 1.82) is 0 Å². The average Bonchev–Trinajstić information content (AvgIpc) is 3.18. The second kappa shape index (κ2) is 9.12. The number of rotatable bonds is 6. The van der Waals surface area contributed by atoms with Crippen LogP contribution in [0.25, 0.3) is 11.0 Å². The molecule has 26 heavy (non-hydrogen) atoms. The number of carboxylic acids is 1. The summed E-state index contributed by atoms with van der Waals surface area (Å²) in [5.74, 6) is 0.255. The highest BCUT2D eigenvalue weighted by atomic mass is 35.5. The summed E-state index contributed by atoms with van der Waals surface area (Å²) in [5.41, 5.74) is 2.40. The predicted molar refractivity (Wildman–Crippen MR) is 104 cm³/mol. The van der Waals surface area contributed by atoms with Gasteiger partial charge in [-0.2, -0.15) is 0 Å². The standard InChI is InChI=1S/C16H17ClN4O3.2ClH/c1-3-20-9-18-7-11(20)8-21-12-4-10(16(22)23)5-13(24-2)15(12)19-14(21)6-17;;/h4-5,7,9H,3,6,8H2,1-2H3,(H,22,23);2*1H. The van der Waals surface area contributed by atoms with E-state index in [1.54, 1.807) is 18.6 Å². The van der Waals surface area contributed by atoms with Crippen molar-refractivity contribution < 1.29 is 14.6 Å². The van der Waals surface area contributed by atoms with Crippen LogP contribution in [0.4, 0.5) is 0 Å². The number of methoxy groups -OCH3 is 1. The second-order valence-corrected chi connectivity index (χ2v) is 5.54. The summed E-state index contributed by atoms with van der Waals surface area (Å²) in [4.78, 5) is 20.1. The summed E-state index contributed by atoms with van der Waals surface area (Å²) in [6.45, 7) is 3.33. The molecule has 142 valence electrons. The van der Waals surface area contributed by atoms with Crippen molar-refractivity contribution in [3.05, 3.63) is 41.7 Å². The Kier molecular flexibility index (Phi) is 7.74. The largest absolute Gasteiger partial charge is 0.494 e. The average molecular weight is 422 g/mol. The quantitative estimate of drug-likeness (QED) is 0.615. The van der Waals surface area contributed by atoms with E-state index in [9.17, 15) is 9.90 Å². The Morgan fingerprint density at radius 3 is 2.65 bits per heavy atom. The molecule has 2 heterocycles. The molecule has 0 saturated heterocycles. The SMILES string of the molecule is CCn1cncc1Cn1c(CCl)nc2c(OC)cc(C(=O)O)cc21.Cl.Cl. The fraction of sp³-hybridized carbons (Fsp3) is 0.312. The third-order valence-corrected chi connectivity index (χ3v) is 4.18. The summed E-state index contributed by atoms with van der Waals surface area (Å²) < 4.78 is 9.23. The van der Waals surface area contributed by atoms with Crippen LogP contribution in [-0.2, 0) is 19.0 Å². The molecule has 3 aromatic rings. The number of ether oxygens (including phenoxy) is 1. The van der Waals surface area contributed by atoms with Crippen LogP contribution < -0.4 is 4.74 Å². The van der Waals surface area contributed by atoms with Crippen molar-refractivity contribution in [2.45, 2.75) is 25.9 Å². The van der Waals surface area contributed by atoms with Gasteiger partial charge in [-0.1, -0.05) is 0 Å². The van der Waals surface area contributed by atoms with Crippen LogP contribution in [-0.4, -0.2) is 37.3 Å². The van der Waals surface area contributed by atoms with Crippen LogP contribution in [0.15, 0.2) is 24.7 Å². The highest BCUT2D eigenvalue weighted by molar-refractivity contribution is 6.17. The minimum absolute atomic E-state index is 0. The maximum Gasteiger partial charge on any atom is 0.335 e. The number of aromatic nitrogens is 4. The van der Waals surface area contributed by atoms with E-state index in [0.29, 0.717) is 29.2 Å². The number of carboxylic acid groups (broad SMARTS) is 1. The van der Waals surface area contributed by atoms with E-state index in [1.807, 2.05) is 16.1 Å². The maximum absolute atomic E-state index is 11.4. The van der Waals surface area contributed by atoms with Gasteiger partial charge in [0.2, 0.25) is 0 Å². The van der Waals surface area contributed by atoms with Gasteiger partial charge in [0, 0.05) is 12.7 Å². The monoisotopic (exact) mass is 420 g/mol. The van der Waals surface area contributed by atoms with E-state index in [0.717, 1.165) is 12.2 Å². The van der Waals surface area contributed by atoms with E-state index in [2.05, 4.69) is 9.97 Å². The first-order valence-electron chi connectivity index (χ1n) is 7.44. The Hall–Kier alpha value is -1.96. The number of aryl methyl sites for hydroxylation is 1. The van der Waals surface area contributed by atoms with Crippen LogP contribution in [0.1, 0.15) is 28.8 Å². The molecule has 2 aromatic heterocycles. The molecule has 0 aliphatic carbocycles. The molecule has 7 nitrogen and oxygen atoms in total. The summed E-state index contributed by atoms with van der Waals surface area (Å²) in [5, 5.41) is 9.33. The van der Waals surface area contributed by atoms with Gasteiger partial charge in [0.05, 0.1) is 42.6 Å². The number of nitrogens with zero attached hydrogens (tertiary/aromatic N) is 4. The summed E-state index contributed by atoms with van der Waals surface area (Å²) in [7, 11) is 1.49. The van der Waals surface area contributed by atoms with Crippen LogP contribution in [0, 0.1) is 0 Å². The number of halogens is 3. The van der Waals surface area contributed by atoms with E-state index in [4.69, 9.17) is 16.3 Å². The van der Waals surface area contributed by atoms with Gasteiger partial charge in [-0.05, 0) is 19.1 Å². The minimum Gasteiger partial charge on any atom is -0.494 e. The van der Waals surface area contributed by atoms with Gasteiger partial charge in [-0.3, -0.25) is 0 Å². The topological polar surface area (TPSA) is 82.2 Å². The van der Waals surface area contributed by atoms with Crippen molar-refractivity contribution in [3.8, 4) is 5.75 Å². The van der Waals surface area contributed by atoms with Gasteiger partial charge in [-0.15, -0.1) is 36.4 Å². The third kappa shape index (κ3) is 3.90. The molecule has 0 spiro atoms. The number of benzene rings is 1. The number of imidazole rings is 2. The Balaban J connectivity index is 0.00000169. The number of carbonyl (C=O) groups is 1. The van der Waals surface area contributed by atoms with Crippen LogP contribution in [0.2, 0.25) is 0 Å². The van der Waals surface area contributed by atoms with Gasteiger partial charge < -0.3 is 19.0 Å². The number of fused-ring (bicyclic) bond motifs is 1. The van der Waals surface area contributed by atoms with Crippen molar-refractivity contribution in [2.75, 3.05) is 7.11 Å². The van der Waals surface area contributed by atoms with E-state index in [-0.39, 0.29) is 36.3 Å². The molecule has 3 rings (SSSR count). The van der Waals surface area contributed by atoms with Gasteiger partial charge in [0.25, 0.3) is 0 Å². The van der Waals surface area contributed by atoms with E-state index >= 15 is 0 Å². The molecule has 0 saturated carbocycles. The molecule has 10 heteroatoms. The van der Waals surface area contributed by atoms with Crippen molar-refractivity contribution in [3.63, 3.8) is 0 Å². The zero-order valence-corrected chi connectivity index (χ0v) is 16.6. The molecule has 0 amide bonds. The van der Waals surface area contributed by atoms with E-state index in [1.165, 1.54) is 13.2 Å². The van der Waals surface area contributed by atoms with Crippen molar-refractivity contribution >= 4 is 53.4 Å². The molecule has 1 N–H and O–H groups in total. The molecule has 0 bridgehead atoms. The Bertz CT molecular complexity index is 908. The maximum atomic E-state index is 11.4. The molecule has 0 unspecified atom stereocenters. The first-order valence-corrected chi connectivity index (χ1v) is 7.97. The summed E-state index contributed by atoms with van der Waals surface area (Å²) in [6, 6.07) is 3.06. The molecule has 0 aliphatic heterocycles. The summed E-state index contributed by atoms with van der Waals surface area (Å²) in [6.07, 6.45) is 3.55. The lowest BCUT2D eigenvalue weighted by molar-refractivity contribution is 0.0696. The number of aromatic carboxylic acids is 1. The first kappa shape index (κ1) is 22.1. The van der Waals surface area contributed by atoms with Gasteiger partial charge in [0.1, 0.15) is 17.1 Å². The van der Waals surface area contributed by atoms with Gasteiger partial charge >= 0.3 is 5.97 Å². The van der Waals surface area contributed by atoms with Crippen molar-refractivity contribution in [1.82, 2.24) is 19.1 Å². The normalized spacial score (nSPS) is 10.3. The van der Waals surface area contributed by atoms with Gasteiger partial charge in [0.15, 0.2) is 0 Å². The lowest BCUT2D eigenvalue weighted by Crippen LogP contribution is -2.09. The highest BCUT2D eigenvalue weighted by Crippen LogP contribution is 2.29. The lowest BCUT2D eigenvalue weighted by Gasteiger charge is -2.10. The molecule has 1 aromatic carbocycles. The Labute approximate surface area is 167 Å². The first-order chi connectivity index (χ1) is 11.6. The smallest absolute Gasteiger partial charge is 0.335 e. The number of hydrogen-bond donors (Lipinski definition) is 1. The second-order valence-electron chi connectivity index (χ2n) is 5.27. The third-order valence-electron chi connectivity index (χ3n) is 3.94. The zero-order valence-electron chi connectivity index (χ0n) is 14.2. The van der Waals surface area contributed by atoms with E-state index < -0.39 is 5.97 Å². The van der Waals surface area contributed by atoms with Gasteiger partial charge in [-0.25, -0.2) is 14.8 Å². The van der Waals surface area contributed by atoms with Crippen LogP contribution in [0.3, 0.4) is 0 Å². The zero-order chi connectivity index (χ0) is 17.3. The molecule has 0 atom stereocenters. The lowest BCUT2D eigenvalue weighted by atomic mass is 10.2. The van der Waals surface area contributed by atoms with Crippen molar-refractivity contribution in [2.24, 2.45) is 0 Å². The molecule has 0 fully saturated rings. The summed E-state index contributed by atoms with van der Waals surface area (Å²) >= 11 is 6.05. The number of hydrogen-bond acceptors (Lipinski definition) is 4. The predicted octanol–water partition coefficient (Wildman–Crippen LogP) is 3.59. The fourth-order valence-corrected chi connectivity index (χ4v) is 2.93. The molecular weight excluding hydrogens is 403 g/mol. The fourth-order valence-electron chi connectivity index (χ4n) is 2.72. The number of alkyl halides is 1. The minimum atomic E-state index is -1.02. The molecule has 0 aliphatic rings. The highest BCUT2D eigenvalue weighted by Gasteiger charge is 2.18. The Morgan fingerprint density at radius 1 is 1.35 bits per heavy atom.